The van der Waals surface area contributed by atoms with E-state index in [9.17, 15) is 5.26 Å². The summed E-state index contributed by atoms with van der Waals surface area (Å²) < 4.78 is 2.35. The molecule has 104 valence electrons. The number of hydrogen-bond acceptors (Lipinski definition) is 3. The molecule has 1 aliphatic carbocycles. The van der Waals surface area contributed by atoms with Gasteiger partial charge in [-0.2, -0.15) is 5.26 Å². The van der Waals surface area contributed by atoms with E-state index >= 15 is 0 Å². The van der Waals surface area contributed by atoms with Gasteiger partial charge < -0.3 is 9.88 Å². The van der Waals surface area contributed by atoms with Crippen molar-refractivity contribution in [2.45, 2.75) is 64.5 Å². The van der Waals surface area contributed by atoms with Crippen LogP contribution in [0.15, 0.2) is 0 Å². The molecule has 4 heteroatoms. The van der Waals surface area contributed by atoms with E-state index in [0.717, 1.165) is 25.1 Å². The van der Waals surface area contributed by atoms with Crippen molar-refractivity contribution in [3.63, 3.8) is 0 Å². The van der Waals surface area contributed by atoms with E-state index in [2.05, 4.69) is 29.8 Å². The molecule has 1 heterocycles. The van der Waals surface area contributed by atoms with Crippen LogP contribution in [0.2, 0.25) is 0 Å². The molecule has 1 aliphatic rings. The van der Waals surface area contributed by atoms with Gasteiger partial charge in [0.25, 0.3) is 0 Å². The van der Waals surface area contributed by atoms with Gasteiger partial charge >= 0.3 is 0 Å². The van der Waals surface area contributed by atoms with E-state index in [1.165, 1.54) is 24.2 Å². The van der Waals surface area contributed by atoms with Crippen molar-refractivity contribution in [3.8, 4) is 6.07 Å². The molecule has 2 atom stereocenters. The molecule has 2 rings (SSSR count). The van der Waals surface area contributed by atoms with E-state index in [0.29, 0.717) is 6.04 Å². The maximum absolute atomic E-state index is 9.30. The van der Waals surface area contributed by atoms with Gasteiger partial charge in [-0.15, -0.1) is 0 Å². The number of nitrogens with one attached hydrogen (secondary N) is 1. The van der Waals surface area contributed by atoms with Crippen LogP contribution < -0.4 is 5.32 Å². The zero-order valence-electron chi connectivity index (χ0n) is 12.5. The summed E-state index contributed by atoms with van der Waals surface area (Å²) >= 11 is 0. The molecule has 0 spiro atoms. The molecule has 19 heavy (non-hydrogen) atoms. The van der Waals surface area contributed by atoms with Gasteiger partial charge in [0.1, 0.15) is 11.4 Å². The van der Waals surface area contributed by atoms with Gasteiger partial charge in [0, 0.05) is 11.7 Å². The number of aryl methyl sites for hydroxylation is 2. The molecule has 1 aromatic heterocycles. The molecule has 0 aromatic carbocycles. The molecule has 0 aliphatic heterocycles. The number of rotatable bonds is 4. The van der Waals surface area contributed by atoms with Gasteiger partial charge in [-0.05, 0) is 59.9 Å². The third-order valence-corrected chi connectivity index (χ3v) is 4.29. The molecule has 1 aromatic rings. The van der Waals surface area contributed by atoms with Gasteiger partial charge in [0.2, 0.25) is 0 Å². The predicted octanol–water partition coefficient (Wildman–Crippen LogP) is 2.52. The first kappa shape index (κ1) is 14.1. The molecule has 0 fully saturated rings. The second-order valence-corrected chi connectivity index (χ2v) is 5.88. The summed E-state index contributed by atoms with van der Waals surface area (Å²) in [6.45, 7) is 6.23. The van der Waals surface area contributed by atoms with Crippen LogP contribution in [0.3, 0.4) is 0 Å². The van der Waals surface area contributed by atoms with E-state index in [1.54, 1.807) is 0 Å². The number of imidazole rings is 1. The Bertz CT molecular complexity index is 497. The fourth-order valence-corrected chi connectivity index (χ4v) is 3.17. The lowest BCUT2D eigenvalue weighted by Gasteiger charge is -2.28. The van der Waals surface area contributed by atoms with Crippen LogP contribution in [0, 0.1) is 18.3 Å². The molecule has 2 unspecified atom stereocenters. The van der Waals surface area contributed by atoms with E-state index in [4.69, 9.17) is 4.98 Å². The molecule has 4 nitrogen and oxygen atoms in total. The SMILES string of the molecule is CNC(C)(C#N)CC(C)n1c(C)nc2c1CCCC2. The average molecular weight is 260 g/mol. The number of nitriles is 1. The van der Waals surface area contributed by atoms with E-state index in [-0.39, 0.29) is 0 Å². The fourth-order valence-electron chi connectivity index (χ4n) is 3.17. The average Bonchev–Trinajstić information content (AvgIpc) is 2.74. The van der Waals surface area contributed by atoms with Crippen LogP contribution in [0.1, 0.15) is 56.4 Å². The lowest BCUT2D eigenvalue weighted by molar-refractivity contribution is 0.357. The highest BCUT2D eigenvalue weighted by atomic mass is 15.1. The first-order valence-corrected chi connectivity index (χ1v) is 7.17. The second kappa shape index (κ2) is 5.34. The lowest BCUT2D eigenvalue weighted by atomic mass is 9.94. The Labute approximate surface area is 115 Å². The summed E-state index contributed by atoms with van der Waals surface area (Å²) in [5.41, 5.74) is 2.20. The van der Waals surface area contributed by atoms with Crippen molar-refractivity contribution < 1.29 is 0 Å². The second-order valence-electron chi connectivity index (χ2n) is 5.88. The maximum atomic E-state index is 9.30. The third-order valence-electron chi connectivity index (χ3n) is 4.29. The monoisotopic (exact) mass is 260 g/mol. The number of nitrogens with zero attached hydrogens (tertiary/aromatic N) is 3. The molecule has 0 saturated heterocycles. The minimum absolute atomic E-state index is 0.298. The van der Waals surface area contributed by atoms with Crippen LogP contribution in [0.4, 0.5) is 0 Å². The Balaban J connectivity index is 2.27. The van der Waals surface area contributed by atoms with Crippen LogP contribution in [-0.2, 0) is 12.8 Å². The standard InChI is InChI=1S/C15H24N4/c1-11(9-15(3,10-16)17-4)19-12(2)18-13-7-5-6-8-14(13)19/h11,17H,5-9H2,1-4H3. The zero-order valence-corrected chi connectivity index (χ0v) is 12.5. The quantitative estimate of drug-likeness (QED) is 0.905. The van der Waals surface area contributed by atoms with Crippen molar-refractivity contribution in [1.29, 1.82) is 5.26 Å². The minimum atomic E-state index is -0.475. The van der Waals surface area contributed by atoms with Crippen LogP contribution in [0.5, 0.6) is 0 Å². The number of fused-ring (bicyclic) bond motifs is 1. The van der Waals surface area contributed by atoms with Gasteiger partial charge in [0.15, 0.2) is 0 Å². The fraction of sp³-hybridized carbons (Fsp3) is 0.733. The Morgan fingerprint density at radius 2 is 2.16 bits per heavy atom. The topological polar surface area (TPSA) is 53.6 Å². The number of hydrogen-bond donors (Lipinski definition) is 1. The van der Waals surface area contributed by atoms with Crippen molar-refractivity contribution in [1.82, 2.24) is 14.9 Å². The van der Waals surface area contributed by atoms with Crippen LogP contribution in [0.25, 0.3) is 0 Å². The predicted molar refractivity (Wildman–Crippen MR) is 76.0 cm³/mol. The van der Waals surface area contributed by atoms with Gasteiger partial charge in [-0.3, -0.25) is 0 Å². The lowest BCUT2D eigenvalue weighted by Crippen LogP contribution is -2.40. The Morgan fingerprint density at radius 3 is 2.79 bits per heavy atom. The smallest absolute Gasteiger partial charge is 0.106 e. The van der Waals surface area contributed by atoms with Gasteiger partial charge in [-0.25, -0.2) is 4.98 Å². The maximum Gasteiger partial charge on any atom is 0.106 e. The first-order chi connectivity index (χ1) is 9.00. The van der Waals surface area contributed by atoms with E-state index in [1.807, 2.05) is 14.0 Å². The highest BCUT2D eigenvalue weighted by Crippen LogP contribution is 2.29. The highest BCUT2D eigenvalue weighted by molar-refractivity contribution is 5.21. The summed E-state index contributed by atoms with van der Waals surface area (Å²) in [6, 6.07) is 2.67. The van der Waals surface area contributed by atoms with Crippen molar-refractivity contribution in [2.75, 3.05) is 7.05 Å². The first-order valence-electron chi connectivity index (χ1n) is 7.17. The molecular weight excluding hydrogens is 236 g/mol. The summed E-state index contributed by atoms with van der Waals surface area (Å²) in [4.78, 5) is 4.71. The molecule has 0 radical (unpaired) electrons. The molecule has 1 N–H and O–H groups in total. The van der Waals surface area contributed by atoms with Crippen LogP contribution >= 0.6 is 0 Å². The molecule has 0 bridgehead atoms. The minimum Gasteiger partial charge on any atom is -0.329 e. The molecular formula is C15H24N4. The van der Waals surface area contributed by atoms with Crippen molar-refractivity contribution >= 4 is 0 Å². The summed E-state index contributed by atoms with van der Waals surface area (Å²) in [5, 5.41) is 12.4. The normalized spacial score (nSPS) is 19.3. The zero-order chi connectivity index (χ0) is 14.0. The molecule has 0 saturated carbocycles. The Morgan fingerprint density at radius 1 is 1.47 bits per heavy atom. The van der Waals surface area contributed by atoms with Crippen molar-refractivity contribution in [3.05, 3.63) is 17.2 Å². The molecule has 0 amide bonds. The van der Waals surface area contributed by atoms with Gasteiger partial charge in [0.05, 0.1) is 11.8 Å². The van der Waals surface area contributed by atoms with Crippen LogP contribution in [-0.4, -0.2) is 22.1 Å². The summed E-state index contributed by atoms with van der Waals surface area (Å²) in [5.74, 6) is 1.09. The Kier molecular flexibility index (Phi) is 3.96. The third kappa shape index (κ3) is 2.66. The van der Waals surface area contributed by atoms with Gasteiger partial charge in [-0.1, -0.05) is 0 Å². The highest BCUT2D eigenvalue weighted by Gasteiger charge is 2.28. The van der Waals surface area contributed by atoms with Crippen molar-refractivity contribution in [2.24, 2.45) is 0 Å². The number of aromatic nitrogens is 2. The largest absolute Gasteiger partial charge is 0.329 e. The summed E-state index contributed by atoms with van der Waals surface area (Å²) in [7, 11) is 1.85. The van der Waals surface area contributed by atoms with E-state index < -0.39 is 5.54 Å². The Hall–Kier alpha value is -1.34. The summed E-state index contributed by atoms with van der Waals surface area (Å²) in [6.07, 6.45) is 5.54.